The van der Waals surface area contributed by atoms with Crippen LogP contribution in [0.25, 0.3) is 0 Å². The Balaban J connectivity index is 2.53. The number of rotatable bonds is 7. The summed E-state index contributed by atoms with van der Waals surface area (Å²) in [7, 11) is 0. The van der Waals surface area contributed by atoms with Crippen LogP contribution in [0.15, 0.2) is 18.2 Å². The number of carbonyl (C=O) groups excluding carboxylic acids is 2. The molecule has 0 bridgehead atoms. The van der Waals surface area contributed by atoms with Crippen LogP contribution in [0.1, 0.15) is 37.0 Å². The lowest BCUT2D eigenvalue weighted by Crippen LogP contribution is -2.45. The van der Waals surface area contributed by atoms with E-state index in [1.54, 1.807) is 0 Å². The zero-order valence-corrected chi connectivity index (χ0v) is 13.3. The largest absolute Gasteiger partial charge is 0.388 e. The second kappa shape index (κ2) is 8.10. The van der Waals surface area contributed by atoms with Crippen molar-refractivity contribution in [2.24, 2.45) is 0 Å². The van der Waals surface area contributed by atoms with Gasteiger partial charge in [0.15, 0.2) is 0 Å². The first-order valence-electron chi connectivity index (χ1n) is 7.04. The lowest BCUT2D eigenvalue weighted by molar-refractivity contribution is -0.121. The van der Waals surface area contributed by atoms with Crippen LogP contribution < -0.4 is 10.6 Å². The van der Waals surface area contributed by atoms with Crippen LogP contribution in [0.3, 0.4) is 0 Å². The minimum atomic E-state index is -0.964. The molecular formula is C15H20ClFN2O3. The van der Waals surface area contributed by atoms with Gasteiger partial charge in [0.1, 0.15) is 5.82 Å². The summed E-state index contributed by atoms with van der Waals surface area (Å²) in [6.07, 6.45) is 1.00. The Morgan fingerprint density at radius 2 is 1.91 bits per heavy atom. The van der Waals surface area contributed by atoms with Crippen LogP contribution in [0.4, 0.5) is 4.39 Å². The van der Waals surface area contributed by atoms with E-state index < -0.39 is 23.2 Å². The Morgan fingerprint density at radius 3 is 2.45 bits per heavy atom. The van der Waals surface area contributed by atoms with Gasteiger partial charge in [0, 0.05) is 6.54 Å². The number of amides is 2. The van der Waals surface area contributed by atoms with E-state index in [1.165, 1.54) is 12.1 Å². The molecule has 0 spiro atoms. The molecule has 122 valence electrons. The highest BCUT2D eigenvalue weighted by Crippen LogP contribution is 2.18. The molecule has 1 rings (SSSR count). The van der Waals surface area contributed by atoms with Gasteiger partial charge in [-0.3, -0.25) is 9.59 Å². The van der Waals surface area contributed by atoms with Crippen molar-refractivity contribution in [3.63, 3.8) is 0 Å². The highest BCUT2D eigenvalue weighted by Gasteiger charge is 2.23. The molecule has 7 heteroatoms. The van der Waals surface area contributed by atoms with E-state index in [4.69, 9.17) is 11.6 Å². The minimum absolute atomic E-state index is 0.0238. The first-order valence-corrected chi connectivity index (χ1v) is 7.42. The zero-order valence-electron chi connectivity index (χ0n) is 12.6. The number of hydrogen-bond acceptors (Lipinski definition) is 3. The fourth-order valence-corrected chi connectivity index (χ4v) is 2.04. The van der Waals surface area contributed by atoms with Crippen molar-refractivity contribution in [3.05, 3.63) is 34.6 Å². The summed E-state index contributed by atoms with van der Waals surface area (Å²) < 4.78 is 13.5. The monoisotopic (exact) mass is 330 g/mol. The number of aliphatic hydroxyl groups is 1. The number of carbonyl (C=O) groups is 2. The summed E-state index contributed by atoms with van der Waals surface area (Å²) in [5, 5.41) is 14.8. The third-order valence-electron chi connectivity index (χ3n) is 3.53. The fourth-order valence-electron chi connectivity index (χ4n) is 1.79. The highest BCUT2D eigenvalue weighted by molar-refractivity contribution is 6.33. The van der Waals surface area contributed by atoms with Gasteiger partial charge < -0.3 is 15.7 Å². The minimum Gasteiger partial charge on any atom is -0.388 e. The Morgan fingerprint density at radius 1 is 1.27 bits per heavy atom. The van der Waals surface area contributed by atoms with Crippen LogP contribution >= 0.6 is 11.6 Å². The first-order chi connectivity index (χ1) is 10.3. The topological polar surface area (TPSA) is 78.4 Å². The van der Waals surface area contributed by atoms with Gasteiger partial charge in [-0.2, -0.15) is 0 Å². The molecule has 5 nitrogen and oxygen atoms in total. The predicted molar refractivity (Wildman–Crippen MR) is 82.3 cm³/mol. The quantitative estimate of drug-likeness (QED) is 0.714. The summed E-state index contributed by atoms with van der Waals surface area (Å²) in [6, 6.07) is 3.89. The number of halogens is 2. The second-order valence-electron chi connectivity index (χ2n) is 4.99. The molecule has 0 unspecified atom stereocenters. The van der Waals surface area contributed by atoms with Crippen LogP contribution in [0.5, 0.6) is 0 Å². The molecule has 0 aliphatic carbocycles. The molecule has 1 aromatic carbocycles. The second-order valence-corrected chi connectivity index (χ2v) is 5.39. The molecule has 0 aromatic heterocycles. The van der Waals surface area contributed by atoms with E-state index in [0.717, 1.165) is 6.07 Å². The maximum atomic E-state index is 13.5. The molecule has 0 heterocycles. The van der Waals surface area contributed by atoms with E-state index in [2.05, 4.69) is 10.6 Å². The fraction of sp³-hybridized carbons (Fsp3) is 0.467. The Bertz CT molecular complexity index is 527. The molecule has 0 aliphatic heterocycles. The number of nitrogens with one attached hydrogen (secondary N) is 2. The number of benzene rings is 1. The van der Waals surface area contributed by atoms with Crippen molar-refractivity contribution in [2.45, 2.75) is 32.3 Å². The lowest BCUT2D eigenvalue weighted by Gasteiger charge is -2.25. The maximum Gasteiger partial charge on any atom is 0.256 e. The molecule has 0 radical (unpaired) electrons. The molecule has 0 atom stereocenters. The van der Waals surface area contributed by atoms with Crippen molar-refractivity contribution < 1.29 is 19.1 Å². The normalized spacial score (nSPS) is 11.1. The van der Waals surface area contributed by atoms with Gasteiger partial charge in [0.25, 0.3) is 5.91 Å². The Kier molecular flexibility index (Phi) is 6.77. The van der Waals surface area contributed by atoms with Gasteiger partial charge in [-0.25, -0.2) is 4.39 Å². The highest BCUT2D eigenvalue weighted by atomic mass is 35.5. The third-order valence-corrected chi connectivity index (χ3v) is 3.85. The van der Waals surface area contributed by atoms with Crippen LogP contribution in [-0.2, 0) is 4.79 Å². The summed E-state index contributed by atoms with van der Waals surface area (Å²) in [6.45, 7) is 3.40. The van der Waals surface area contributed by atoms with Gasteiger partial charge in [-0.05, 0) is 25.0 Å². The SMILES string of the molecule is CCC(O)(CC)CNC(=O)CNC(=O)c1c(F)cccc1Cl. The standard InChI is InChI=1S/C15H20ClFN2O3/c1-3-15(22,4-2)9-19-12(20)8-18-14(21)13-10(16)6-5-7-11(13)17/h5-7,22H,3-4,8-9H2,1-2H3,(H,18,21)(H,19,20). The molecule has 0 saturated carbocycles. The van der Waals surface area contributed by atoms with Crippen LogP contribution in [0.2, 0.25) is 5.02 Å². The van der Waals surface area contributed by atoms with Gasteiger partial charge in [-0.15, -0.1) is 0 Å². The third kappa shape index (κ3) is 4.96. The molecule has 0 fully saturated rings. The average Bonchev–Trinajstić information content (AvgIpc) is 2.50. The van der Waals surface area contributed by atoms with E-state index in [0.29, 0.717) is 12.8 Å². The summed E-state index contributed by atoms with van der Waals surface area (Å²) >= 11 is 5.76. The summed E-state index contributed by atoms with van der Waals surface area (Å²) in [4.78, 5) is 23.5. The Hall–Kier alpha value is -1.66. The molecule has 2 amide bonds. The summed E-state index contributed by atoms with van der Waals surface area (Å²) in [5.41, 5.74) is -1.26. The molecule has 3 N–H and O–H groups in total. The molecule has 22 heavy (non-hydrogen) atoms. The van der Waals surface area contributed by atoms with Crippen LogP contribution in [-0.4, -0.2) is 35.6 Å². The van der Waals surface area contributed by atoms with Crippen molar-refractivity contribution in [3.8, 4) is 0 Å². The molecular weight excluding hydrogens is 311 g/mol. The smallest absolute Gasteiger partial charge is 0.256 e. The zero-order chi connectivity index (χ0) is 16.8. The van der Waals surface area contributed by atoms with Crippen LogP contribution in [0, 0.1) is 5.82 Å². The molecule has 0 aliphatic rings. The molecule has 0 saturated heterocycles. The van der Waals surface area contributed by atoms with E-state index in [9.17, 15) is 19.1 Å². The molecule has 1 aromatic rings. The van der Waals surface area contributed by atoms with Gasteiger partial charge in [0.2, 0.25) is 5.91 Å². The van der Waals surface area contributed by atoms with Crippen molar-refractivity contribution in [2.75, 3.05) is 13.1 Å². The first kappa shape index (κ1) is 18.4. The Labute approximate surface area is 133 Å². The number of hydrogen-bond donors (Lipinski definition) is 3. The van der Waals surface area contributed by atoms with E-state index in [1.807, 2.05) is 13.8 Å². The van der Waals surface area contributed by atoms with Crippen molar-refractivity contribution in [1.82, 2.24) is 10.6 Å². The van der Waals surface area contributed by atoms with Crippen molar-refractivity contribution in [1.29, 1.82) is 0 Å². The van der Waals surface area contributed by atoms with Gasteiger partial charge in [-0.1, -0.05) is 31.5 Å². The van der Waals surface area contributed by atoms with E-state index >= 15 is 0 Å². The average molecular weight is 331 g/mol. The predicted octanol–water partition coefficient (Wildman–Crippen LogP) is 1.88. The van der Waals surface area contributed by atoms with Gasteiger partial charge in [0.05, 0.1) is 22.7 Å². The van der Waals surface area contributed by atoms with Gasteiger partial charge >= 0.3 is 0 Å². The lowest BCUT2D eigenvalue weighted by atomic mass is 9.98. The van der Waals surface area contributed by atoms with Crippen molar-refractivity contribution >= 4 is 23.4 Å². The van der Waals surface area contributed by atoms with E-state index in [-0.39, 0.29) is 23.7 Å². The summed E-state index contributed by atoms with van der Waals surface area (Å²) in [5.74, 6) is -1.99. The maximum absolute atomic E-state index is 13.5.